The van der Waals surface area contributed by atoms with Gasteiger partial charge in [0.25, 0.3) is 0 Å². The first-order valence-corrected chi connectivity index (χ1v) is 7.76. The molecule has 0 spiro atoms. The molecule has 0 heterocycles. The summed E-state index contributed by atoms with van der Waals surface area (Å²) in [6, 6.07) is 26.1. The van der Waals surface area contributed by atoms with Crippen LogP contribution in [-0.4, -0.2) is 0 Å². The van der Waals surface area contributed by atoms with Crippen molar-refractivity contribution in [3.05, 3.63) is 95.1 Å². The Labute approximate surface area is 131 Å². The second-order valence-electron chi connectivity index (χ2n) is 5.94. The Morgan fingerprint density at radius 3 is 2.36 bits per heavy atom. The van der Waals surface area contributed by atoms with Crippen LogP contribution in [-0.2, 0) is 6.42 Å². The lowest BCUT2D eigenvalue weighted by Crippen LogP contribution is -1.85. The Morgan fingerprint density at radius 2 is 1.50 bits per heavy atom. The number of hydrogen-bond acceptors (Lipinski definition) is 0. The summed E-state index contributed by atoms with van der Waals surface area (Å²) in [5.74, 6) is 0. The van der Waals surface area contributed by atoms with Crippen molar-refractivity contribution in [2.24, 2.45) is 0 Å². The van der Waals surface area contributed by atoms with Gasteiger partial charge < -0.3 is 0 Å². The highest BCUT2D eigenvalue weighted by Crippen LogP contribution is 2.37. The minimum Gasteiger partial charge on any atom is -0.0622 e. The Hall–Kier alpha value is -2.60. The summed E-state index contributed by atoms with van der Waals surface area (Å²) in [7, 11) is 0. The third-order valence-electron chi connectivity index (χ3n) is 4.44. The number of fused-ring (bicyclic) bond motifs is 3. The van der Waals surface area contributed by atoms with E-state index in [1.807, 2.05) is 0 Å². The summed E-state index contributed by atoms with van der Waals surface area (Å²) in [4.78, 5) is 0. The predicted molar refractivity (Wildman–Crippen MR) is 94.7 cm³/mol. The largest absolute Gasteiger partial charge is 0.0622 e. The summed E-state index contributed by atoms with van der Waals surface area (Å²) in [5.41, 5.74) is 9.54. The predicted octanol–water partition coefficient (Wildman–Crippen LogP) is 5.82. The molecule has 0 N–H and O–H groups in total. The van der Waals surface area contributed by atoms with Gasteiger partial charge in [-0.2, -0.15) is 0 Å². The van der Waals surface area contributed by atoms with Crippen molar-refractivity contribution < 1.29 is 0 Å². The average molecular weight is 282 g/mol. The van der Waals surface area contributed by atoms with Crippen LogP contribution in [0.5, 0.6) is 0 Å². The van der Waals surface area contributed by atoms with Crippen molar-refractivity contribution >= 4 is 11.6 Å². The minimum atomic E-state index is 1.06. The zero-order chi connectivity index (χ0) is 14.9. The summed E-state index contributed by atoms with van der Waals surface area (Å²) in [6.45, 7) is 2.19. The van der Waals surface area contributed by atoms with E-state index < -0.39 is 0 Å². The zero-order valence-corrected chi connectivity index (χ0v) is 12.7. The Kier molecular flexibility index (Phi) is 3.16. The second kappa shape index (κ2) is 5.31. The van der Waals surface area contributed by atoms with Crippen LogP contribution in [0.3, 0.4) is 0 Å². The normalized spacial score (nSPS) is 12.9. The summed E-state index contributed by atoms with van der Waals surface area (Å²) < 4.78 is 0. The zero-order valence-electron chi connectivity index (χ0n) is 12.7. The molecular weight excluding hydrogens is 264 g/mol. The van der Waals surface area contributed by atoms with Crippen LogP contribution < -0.4 is 0 Å². The molecule has 3 aromatic rings. The third-order valence-corrected chi connectivity index (χ3v) is 4.44. The highest BCUT2D eigenvalue weighted by molar-refractivity contribution is 5.85. The van der Waals surface area contributed by atoms with E-state index in [1.54, 1.807) is 0 Å². The van der Waals surface area contributed by atoms with Gasteiger partial charge in [0, 0.05) is 0 Å². The standard InChI is InChI=1S/C22H18/c1-16(13-17-7-3-2-4-8-17)18-11-12-20-14-19-9-5-6-10-21(19)22(20)15-18/h2-13,15H,14H2,1H3/b16-13-. The molecule has 0 amide bonds. The first kappa shape index (κ1) is 13.1. The molecule has 0 saturated carbocycles. The quantitative estimate of drug-likeness (QED) is 0.406. The van der Waals surface area contributed by atoms with Gasteiger partial charge in [-0.15, -0.1) is 0 Å². The van der Waals surface area contributed by atoms with E-state index in [2.05, 4.69) is 85.8 Å². The molecule has 0 saturated heterocycles. The lowest BCUT2D eigenvalue weighted by Gasteiger charge is -2.07. The Balaban J connectivity index is 1.76. The topological polar surface area (TPSA) is 0 Å². The van der Waals surface area contributed by atoms with Crippen LogP contribution in [0.25, 0.3) is 22.8 Å². The van der Waals surface area contributed by atoms with E-state index in [9.17, 15) is 0 Å². The molecule has 22 heavy (non-hydrogen) atoms. The third kappa shape index (κ3) is 2.27. The van der Waals surface area contributed by atoms with Gasteiger partial charge >= 0.3 is 0 Å². The van der Waals surface area contributed by atoms with Gasteiger partial charge in [-0.3, -0.25) is 0 Å². The maximum atomic E-state index is 2.34. The number of allylic oxidation sites excluding steroid dienone is 1. The van der Waals surface area contributed by atoms with E-state index >= 15 is 0 Å². The molecule has 0 unspecified atom stereocenters. The van der Waals surface area contributed by atoms with E-state index in [-0.39, 0.29) is 0 Å². The van der Waals surface area contributed by atoms with Crippen LogP contribution in [0.2, 0.25) is 0 Å². The molecule has 0 heteroatoms. The molecule has 106 valence electrons. The van der Waals surface area contributed by atoms with Gasteiger partial charge in [0.1, 0.15) is 0 Å². The van der Waals surface area contributed by atoms with Gasteiger partial charge in [0.05, 0.1) is 0 Å². The first-order chi connectivity index (χ1) is 10.8. The number of benzene rings is 3. The van der Waals surface area contributed by atoms with E-state index in [0.717, 1.165) is 6.42 Å². The van der Waals surface area contributed by atoms with Crippen molar-refractivity contribution in [1.82, 2.24) is 0 Å². The summed E-state index contributed by atoms with van der Waals surface area (Å²) in [6.07, 6.45) is 3.32. The Morgan fingerprint density at radius 1 is 0.773 bits per heavy atom. The smallest absolute Gasteiger partial charge is 0.00134 e. The Bertz CT molecular complexity index is 854. The molecular formula is C22H18. The average Bonchev–Trinajstić information content (AvgIpc) is 2.93. The van der Waals surface area contributed by atoms with Crippen molar-refractivity contribution in [2.75, 3.05) is 0 Å². The number of rotatable bonds is 2. The van der Waals surface area contributed by atoms with Crippen molar-refractivity contribution in [3.63, 3.8) is 0 Å². The molecule has 0 fully saturated rings. The van der Waals surface area contributed by atoms with Gasteiger partial charge in [-0.05, 0) is 58.4 Å². The SMILES string of the molecule is C/C(=C/c1ccccc1)c1ccc2c(c1)-c1ccccc1C2. The van der Waals surface area contributed by atoms with Crippen LogP contribution >= 0.6 is 0 Å². The van der Waals surface area contributed by atoms with Crippen molar-refractivity contribution in [2.45, 2.75) is 13.3 Å². The minimum absolute atomic E-state index is 1.06. The maximum absolute atomic E-state index is 2.34. The fraction of sp³-hybridized carbons (Fsp3) is 0.0909. The summed E-state index contributed by atoms with van der Waals surface area (Å²) >= 11 is 0. The molecule has 0 atom stereocenters. The van der Waals surface area contributed by atoms with Crippen LogP contribution in [0.15, 0.2) is 72.8 Å². The van der Waals surface area contributed by atoms with Crippen LogP contribution in [0, 0.1) is 0 Å². The van der Waals surface area contributed by atoms with E-state index in [1.165, 1.54) is 39.0 Å². The molecule has 1 aliphatic carbocycles. The van der Waals surface area contributed by atoms with E-state index in [0.29, 0.717) is 0 Å². The maximum Gasteiger partial charge on any atom is -0.00134 e. The highest BCUT2D eigenvalue weighted by Gasteiger charge is 2.17. The number of hydrogen-bond donors (Lipinski definition) is 0. The molecule has 1 aliphatic rings. The van der Waals surface area contributed by atoms with E-state index in [4.69, 9.17) is 0 Å². The molecule has 0 nitrogen and oxygen atoms in total. The molecule has 0 aliphatic heterocycles. The van der Waals surface area contributed by atoms with Gasteiger partial charge in [0.15, 0.2) is 0 Å². The monoisotopic (exact) mass is 282 g/mol. The van der Waals surface area contributed by atoms with Crippen LogP contribution in [0.4, 0.5) is 0 Å². The molecule has 0 aromatic heterocycles. The fourth-order valence-corrected chi connectivity index (χ4v) is 3.25. The van der Waals surface area contributed by atoms with Crippen molar-refractivity contribution in [3.8, 4) is 11.1 Å². The molecule has 0 bridgehead atoms. The first-order valence-electron chi connectivity index (χ1n) is 7.76. The lowest BCUT2D eigenvalue weighted by molar-refractivity contribution is 1.26. The second-order valence-corrected chi connectivity index (χ2v) is 5.94. The molecule has 3 aromatic carbocycles. The summed E-state index contributed by atoms with van der Waals surface area (Å²) in [5, 5.41) is 0. The lowest BCUT2D eigenvalue weighted by atomic mass is 9.98. The molecule has 0 radical (unpaired) electrons. The van der Waals surface area contributed by atoms with Gasteiger partial charge in [-0.25, -0.2) is 0 Å². The van der Waals surface area contributed by atoms with Crippen molar-refractivity contribution in [1.29, 1.82) is 0 Å². The van der Waals surface area contributed by atoms with Crippen LogP contribution in [0.1, 0.15) is 29.2 Å². The highest BCUT2D eigenvalue weighted by atomic mass is 14.2. The van der Waals surface area contributed by atoms with Gasteiger partial charge in [-0.1, -0.05) is 72.8 Å². The van der Waals surface area contributed by atoms with Gasteiger partial charge in [0.2, 0.25) is 0 Å². The molecule has 4 rings (SSSR count). The fourth-order valence-electron chi connectivity index (χ4n) is 3.25.